The van der Waals surface area contributed by atoms with E-state index in [0.717, 1.165) is 0 Å². The molecular formula is C57H50O13. The molecule has 0 bridgehead atoms. The van der Waals surface area contributed by atoms with Gasteiger partial charge in [-0.25, -0.2) is 0 Å². The van der Waals surface area contributed by atoms with Crippen LogP contribution < -0.4 is 18.9 Å². The zero-order valence-corrected chi connectivity index (χ0v) is 38.6. The maximum Gasteiger partial charge on any atom is 0.200 e. The van der Waals surface area contributed by atoms with Gasteiger partial charge in [0, 0.05) is 34.9 Å². The number of ketones is 4. The molecular weight excluding hydrogens is 893 g/mol. The van der Waals surface area contributed by atoms with E-state index in [0.29, 0.717) is 45.3 Å². The molecule has 0 spiro atoms. The molecule has 0 fully saturated rings. The molecule has 0 saturated heterocycles. The molecule has 0 aliphatic carbocycles. The highest BCUT2D eigenvalue weighted by Gasteiger charge is 2.18. The van der Waals surface area contributed by atoms with E-state index in [1.54, 1.807) is 122 Å². The number of para-hydroxylation sites is 2. The monoisotopic (exact) mass is 942 g/mol. The molecule has 8 rings (SSSR count). The average molecular weight is 943 g/mol. The molecule has 0 unspecified atom stereocenters. The van der Waals surface area contributed by atoms with Gasteiger partial charge in [-0.2, -0.15) is 0 Å². The number of benzene rings is 8. The Morgan fingerprint density at radius 3 is 0.929 bits per heavy atom. The molecule has 0 amide bonds. The first-order valence-electron chi connectivity index (χ1n) is 21.0. The third kappa shape index (κ3) is 14.5. The second kappa shape index (κ2) is 27.2. The van der Waals surface area contributed by atoms with Crippen molar-refractivity contribution in [2.45, 2.75) is 0 Å². The summed E-state index contributed by atoms with van der Waals surface area (Å²) in [6.07, 6.45) is 0. The van der Waals surface area contributed by atoms with E-state index in [1.165, 1.54) is 57.7 Å². The van der Waals surface area contributed by atoms with Crippen LogP contribution in [0.3, 0.4) is 0 Å². The first kappa shape index (κ1) is 53.1. The molecule has 0 aliphatic heterocycles. The Bertz CT molecular complexity index is 2870. The summed E-state index contributed by atoms with van der Waals surface area (Å²) in [5.41, 5.74) is 3.19. The molecule has 4 N–H and O–H groups in total. The van der Waals surface area contributed by atoms with E-state index in [1.807, 2.05) is 49.3 Å². The van der Waals surface area contributed by atoms with Crippen LogP contribution in [-0.2, 0) is 4.79 Å². The Balaban J connectivity index is 0.000000201. The fourth-order valence-corrected chi connectivity index (χ4v) is 6.37. The van der Waals surface area contributed by atoms with Crippen LogP contribution in [0, 0.1) is 0 Å². The first-order valence-corrected chi connectivity index (χ1v) is 21.0. The third-order valence-corrected chi connectivity index (χ3v) is 9.96. The molecule has 356 valence electrons. The molecule has 0 aliphatic rings. The van der Waals surface area contributed by atoms with Gasteiger partial charge in [0.15, 0.2) is 23.1 Å². The summed E-state index contributed by atoms with van der Waals surface area (Å²) in [4.78, 5) is 56.4. The van der Waals surface area contributed by atoms with Gasteiger partial charge in [-0.3, -0.25) is 19.2 Å². The number of hydrogen-bond donors (Lipinski definition) is 4. The number of carbonyl (C=O) groups excluding carboxylic acids is 5. The Hall–Kier alpha value is -9.49. The van der Waals surface area contributed by atoms with Gasteiger partial charge < -0.3 is 44.2 Å². The maximum atomic E-state index is 12.1. The molecule has 70 heavy (non-hydrogen) atoms. The number of rotatable bonds is 12. The van der Waals surface area contributed by atoms with Gasteiger partial charge in [0.25, 0.3) is 0 Å². The molecule has 0 aromatic heterocycles. The Morgan fingerprint density at radius 2 is 0.600 bits per heavy atom. The van der Waals surface area contributed by atoms with Crippen molar-refractivity contribution in [2.24, 2.45) is 0 Å². The van der Waals surface area contributed by atoms with E-state index in [-0.39, 0.29) is 62.6 Å². The van der Waals surface area contributed by atoms with Crippen molar-refractivity contribution in [1.82, 2.24) is 0 Å². The first-order chi connectivity index (χ1) is 33.9. The molecule has 0 saturated carbocycles. The Kier molecular flexibility index (Phi) is 20.7. The van der Waals surface area contributed by atoms with Gasteiger partial charge in [-0.15, -0.1) is 0 Å². The lowest BCUT2D eigenvalue weighted by atomic mass is 10.0. The number of ether oxygens (including phenoxy) is 4. The van der Waals surface area contributed by atoms with Crippen molar-refractivity contribution in [3.63, 3.8) is 0 Å². The van der Waals surface area contributed by atoms with E-state index in [2.05, 4.69) is 0 Å². The van der Waals surface area contributed by atoms with Gasteiger partial charge >= 0.3 is 0 Å². The highest BCUT2D eigenvalue weighted by molar-refractivity contribution is 6.13. The molecule has 0 heterocycles. The Labute approximate surface area is 405 Å². The van der Waals surface area contributed by atoms with Gasteiger partial charge in [0.05, 0.1) is 56.3 Å². The minimum absolute atomic E-state index is 0.0157. The number of methoxy groups -OCH3 is 4. The van der Waals surface area contributed by atoms with Gasteiger partial charge in [-0.05, 0) is 60.7 Å². The zero-order valence-electron chi connectivity index (χ0n) is 38.6. The summed E-state index contributed by atoms with van der Waals surface area (Å²) in [5.74, 6) is 0.816. The van der Waals surface area contributed by atoms with Crippen LogP contribution >= 0.6 is 0 Å². The predicted molar refractivity (Wildman–Crippen MR) is 265 cm³/mol. The van der Waals surface area contributed by atoms with Crippen LogP contribution in [0.25, 0.3) is 0 Å². The topological polar surface area (TPSA) is 203 Å². The van der Waals surface area contributed by atoms with Crippen molar-refractivity contribution in [3.05, 3.63) is 239 Å². The summed E-state index contributed by atoms with van der Waals surface area (Å²) in [6.45, 7) is 2.00. The minimum atomic E-state index is -0.437. The molecule has 13 nitrogen and oxygen atoms in total. The van der Waals surface area contributed by atoms with Gasteiger partial charge in [-0.1, -0.05) is 115 Å². The number of hydrogen-bond acceptors (Lipinski definition) is 13. The summed E-state index contributed by atoms with van der Waals surface area (Å²) in [5, 5.41) is 38.9. The quantitative estimate of drug-likeness (QED) is 0.0843. The van der Waals surface area contributed by atoms with Crippen LogP contribution in [0.15, 0.2) is 194 Å². The third-order valence-electron chi connectivity index (χ3n) is 9.96. The zero-order chi connectivity index (χ0) is 51.0. The summed E-state index contributed by atoms with van der Waals surface area (Å²) in [7, 11) is 6.05. The molecule has 8 aromatic rings. The van der Waals surface area contributed by atoms with Crippen LogP contribution in [0.1, 0.15) is 63.7 Å². The molecule has 8 aromatic carbocycles. The molecule has 0 atom stereocenters. The highest BCUT2D eigenvalue weighted by atomic mass is 16.5. The summed E-state index contributed by atoms with van der Waals surface area (Å²) < 4.78 is 20.0. The number of phenolic OH excluding ortho intramolecular Hbond substituents is 4. The highest BCUT2D eigenvalue weighted by Crippen LogP contribution is 2.29. The van der Waals surface area contributed by atoms with Crippen molar-refractivity contribution in [1.29, 1.82) is 0 Å². The number of phenols is 4. The lowest BCUT2D eigenvalue weighted by molar-refractivity contribution is -0.0980. The number of carbonyl (C=O) groups is 5. The lowest BCUT2D eigenvalue weighted by Gasteiger charge is -2.07. The van der Waals surface area contributed by atoms with Crippen molar-refractivity contribution >= 4 is 29.9 Å². The molecule has 13 heteroatoms. The summed E-state index contributed by atoms with van der Waals surface area (Å²) in [6, 6.07) is 54.0. The smallest absolute Gasteiger partial charge is 0.200 e. The van der Waals surface area contributed by atoms with Crippen LogP contribution in [-0.4, -0.2) is 78.8 Å². The second-order valence-corrected chi connectivity index (χ2v) is 14.3. The van der Waals surface area contributed by atoms with E-state index < -0.39 is 5.78 Å². The van der Waals surface area contributed by atoms with Crippen molar-refractivity contribution in [3.8, 4) is 46.0 Å². The largest absolute Gasteiger partial charge is 0.507 e. The number of aromatic hydroxyl groups is 4. The fraction of sp³-hybridized carbons (Fsp3) is 0.0702. The van der Waals surface area contributed by atoms with Gasteiger partial charge in [0.2, 0.25) is 0 Å². The SMILES string of the molecule is C=O.COc1ccc(C(=O)c2ccccc2)c(O)c1.COc1ccc(C(=O)c2ccccc2)c(O)c1.COc1ccc(C(=O)c2ccccc2O)c(O)c1.COc1ccccc1C(=O)c1ccccc1. The maximum absolute atomic E-state index is 12.1. The fourth-order valence-electron chi connectivity index (χ4n) is 6.37. The van der Waals surface area contributed by atoms with Crippen LogP contribution in [0.2, 0.25) is 0 Å². The van der Waals surface area contributed by atoms with Crippen molar-refractivity contribution in [2.75, 3.05) is 28.4 Å². The Morgan fingerprint density at radius 1 is 0.314 bits per heavy atom. The van der Waals surface area contributed by atoms with E-state index in [9.17, 15) is 39.6 Å². The van der Waals surface area contributed by atoms with Crippen LogP contribution in [0.4, 0.5) is 0 Å². The standard InChI is InChI=1S/C14H12O4.2C14H12O3.C14H12O2.CH2O/c1-18-9-6-7-11(13(16)8-9)14(17)10-4-2-3-5-12(10)15;2*1-17-11-7-8-12(13(15)9-11)14(16)10-5-3-2-4-6-10;1-16-13-10-6-5-9-12(13)14(15)11-7-3-2-4-8-11;1-2/h2-8,15-16H,1H3;2*2-9,15H,1H3;2-10H,1H3;1H2. The summed E-state index contributed by atoms with van der Waals surface area (Å²) >= 11 is 0. The average Bonchev–Trinajstić information content (AvgIpc) is 3.42. The van der Waals surface area contributed by atoms with Crippen molar-refractivity contribution < 1.29 is 63.3 Å². The minimum Gasteiger partial charge on any atom is -0.507 e. The normalized spacial score (nSPS) is 9.71. The predicted octanol–water partition coefficient (Wildman–Crippen LogP) is 10.3. The molecule has 0 radical (unpaired) electrons. The van der Waals surface area contributed by atoms with E-state index >= 15 is 0 Å². The lowest BCUT2D eigenvalue weighted by Crippen LogP contribution is -2.03. The van der Waals surface area contributed by atoms with Gasteiger partial charge in [0.1, 0.15) is 52.8 Å². The van der Waals surface area contributed by atoms with E-state index in [4.69, 9.17) is 23.7 Å². The van der Waals surface area contributed by atoms with Crippen LogP contribution in [0.5, 0.6) is 46.0 Å². The second-order valence-electron chi connectivity index (χ2n) is 14.3.